The molecule has 4 heterocycles. The zero-order valence-electron chi connectivity index (χ0n) is 37.4. The number of amides is 4. The molecule has 0 aromatic heterocycles. The smallest absolute Gasteiger partial charge is 0.744 e. The predicted octanol–water partition coefficient (Wildman–Crippen LogP) is 2.30. The maximum atomic E-state index is 12.9. The molecule has 4 aliphatic heterocycles. The largest absolute Gasteiger partial charge is 1.00 e. The number of hydrogen-bond acceptors (Lipinski definition) is 14. The third-order valence-electron chi connectivity index (χ3n) is 12.2. The minimum absolute atomic E-state index is 0. The van der Waals surface area contributed by atoms with Gasteiger partial charge in [-0.05, 0) is 85.6 Å². The molecule has 8 rings (SSSR count). The Hall–Kier alpha value is -5.49. The maximum absolute atomic E-state index is 12.9. The van der Waals surface area contributed by atoms with Gasteiger partial charge in [0.1, 0.15) is 10.1 Å². The van der Waals surface area contributed by atoms with Crippen molar-refractivity contribution >= 4 is 72.9 Å². The van der Waals surface area contributed by atoms with E-state index in [0.29, 0.717) is 55.2 Å². The molecule has 4 aromatic carbocycles. The summed E-state index contributed by atoms with van der Waals surface area (Å²) in [7, 11) is -9.41. The zero-order valence-corrected chi connectivity index (χ0v) is 42.2. The Morgan fingerprint density at radius 1 is 0.691 bits per heavy atom. The molecule has 4 amide bonds. The van der Waals surface area contributed by atoms with Crippen LogP contribution in [0.3, 0.4) is 0 Å². The minimum atomic E-state index is -4.83. The molecule has 21 heteroatoms. The van der Waals surface area contributed by atoms with Gasteiger partial charge in [-0.25, -0.2) is 18.0 Å². The molecular weight excluding hydrogens is 948 g/mol. The topological polar surface area (TPSA) is 245 Å². The molecule has 0 atom stereocenters. The van der Waals surface area contributed by atoms with E-state index >= 15 is 0 Å². The number of rotatable bonds is 12. The summed E-state index contributed by atoms with van der Waals surface area (Å²) in [6.07, 6.45) is 5.25. The second-order valence-electron chi connectivity index (χ2n) is 17.3. The number of fused-ring (bicyclic) bond motifs is 2. The Bertz CT molecular complexity index is 3130. The first-order chi connectivity index (χ1) is 31.4. The quantitative estimate of drug-likeness (QED) is 0.0927. The number of anilines is 1. The summed E-state index contributed by atoms with van der Waals surface area (Å²) in [5.74, 6) is -4.25. The fourth-order valence-corrected chi connectivity index (χ4v) is 9.64. The molecule has 2 fully saturated rings. The van der Waals surface area contributed by atoms with Gasteiger partial charge in [-0.3, -0.25) is 23.7 Å². The number of allylic oxidation sites excluding steroid dienone is 4. The molecule has 2 saturated heterocycles. The van der Waals surface area contributed by atoms with Crippen LogP contribution in [-0.4, -0.2) is 81.9 Å². The van der Waals surface area contributed by atoms with Gasteiger partial charge in [0.05, 0.1) is 26.3 Å². The third-order valence-corrected chi connectivity index (χ3v) is 13.9. The summed E-state index contributed by atoms with van der Waals surface area (Å²) in [5, 5.41) is 0.928. The monoisotopic (exact) mass is 989 g/mol. The first-order valence-corrected chi connectivity index (χ1v) is 23.7. The van der Waals surface area contributed by atoms with Crippen LogP contribution >= 0.6 is 0 Å². The van der Waals surface area contributed by atoms with Gasteiger partial charge >= 0.3 is 63.3 Å². The van der Waals surface area contributed by atoms with Gasteiger partial charge in [0.15, 0.2) is 12.3 Å². The van der Waals surface area contributed by atoms with Gasteiger partial charge < -0.3 is 19.1 Å². The van der Waals surface area contributed by atoms with Gasteiger partial charge in [-0.2, -0.15) is 13.0 Å². The molecule has 0 bridgehead atoms. The third kappa shape index (κ3) is 9.71. The van der Waals surface area contributed by atoms with Crippen molar-refractivity contribution in [1.82, 2.24) is 10.1 Å². The van der Waals surface area contributed by atoms with Crippen molar-refractivity contribution in [2.24, 2.45) is 0 Å². The molecule has 0 saturated carbocycles. The van der Waals surface area contributed by atoms with Gasteiger partial charge in [0, 0.05) is 72.3 Å². The van der Waals surface area contributed by atoms with E-state index in [2.05, 4.69) is 0 Å². The fraction of sp³-hybridized carbons (Fsp3) is 0.255. The van der Waals surface area contributed by atoms with Crippen molar-refractivity contribution in [3.05, 3.63) is 142 Å². The molecule has 4 aliphatic rings. The summed E-state index contributed by atoms with van der Waals surface area (Å²) in [5.41, 5.74) is 3.57. The summed E-state index contributed by atoms with van der Waals surface area (Å²) in [6.45, 7) is 7.93. The Balaban J connectivity index is 0.00000684. The van der Waals surface area contributed by atoms with Gasteiger partial charge in [0.2, 0.25) is 5.69 Å². The second kappa shape index (κ2) is 18.8. The summed E-state index contributed by atoms with van der Waals surface area (Å²) in [6, 6.07) is 21.0. The van der Waals surface area contributed by atoms with E-state index in [1.165, 1.54) is 48.5 Å². The average Bonchev–Trinajstić information content (AvgIpc) is 3.90. The van der Waals surface area contributed by atoms with Crippen LogP contribution in [0.1, 0.15) is 96.3 Å². The van der Waals surface area contributed by atoms with Crippen LogP contribution in [-0.2, 0) is 73.0 Å². The number of imide groups is 2. The maximum Gasteiger partial charge on any atom is 1.00 e. The first kappa shape index (κ1) is 50.4. The van der Waals surface area contributed by atoms with Crippen LogP contribution in [0.25, 0.3) is 0 Å². The van der Waals surface area contributed by atoms with Crippen LogP contribution in [0, 0.1) is 0 Å². The van der Waals surface area contributed by atoms with Gasteiger partial charge in [-0.15, -0.1) is 10.1 Å². The van der Waals surface area contributed by atoms with Crippen LogP contribution in [0.2, 0.25) is 0 Å². The molecule has 0 unspecified atom stereocenters. The molecule has 0 aliphatic carbocycles. The minimum Gasteiger partial charge on any atom is -0.744 e. The van der Waals surface area contributed by atoms with E-state index in [1.807, 2.05) is 49.3 Å². The molecule has 1 N–H and O–H groups in total. The summed E-state index contributed by atoms with van der Waals surface area (Å²) < 4.78 is 73.1. The van der Waals surface area contributed by atoms with E-state index < -0.39 is 71.5 Å². The van der Waals surface area contributed by atoms with E-state index in [-0.39, 0.29) is 106 Å². The number of carbonyl (C=O) groups is 6. The number of benzene rings is 4. The molecule has 18 nitrogen and oxygen atoms in total. The number of hydroxylamine groups is 4. The first-order valence-electron chi connectivity index (χ1n) is 20.8. The van der Waals surface area contributed by atoms with E-state index in [0.717, 1.165) is 0 Å². The molecular formula is C47H42KN4O14S2+. The average molecular weight is 990 g/mol. The van der Waals surface area contributed by atoms with Crippen molar-refractivity contribution in [1.29, 1.82) is 0 Å². The van der Waals surface area contributed by atoms with Crippen molar-refractivity contribution < 1.29 is 120 Å². The van der Waals surface area contributed by atoms with E-state index in [1.54, 1.807) is 42.5 Å². The fourth-order valence-electron chi connectivity index (χ4n) is 8.64. The Labute approximate surface area is 433 Å². The molecule has 0 radical (unpaired) electrons. The SMILES string of the molecule is CC1(C)C(=CC=CC2=[N+](Cc3ccc(C(=O)ON4C(=O)CCC4=O)cc3)c3ccc(S(=O)(=O)[O-])cc3C2(C)C)N(Cc2ccc(C(=O)ON3C(=O)CCC3=O)cc2)c2ccc(S(=O)(=O)O)cc21.[K+]. The Morgan fingerprint density at radius 3 is 1.68 bits per heavy atom. The van der Waals surface area contributed by atoms with Crippen molar-refractivity contribution in [3.8, 4) is 0 Å². The Morgan fingerprint density at radius 2 is 1.18 bits per heavy atom. The van der Waals surface area contributed by atoms with Crippen LogP contribution < -0.4 is 56.3 Å². The zero-order chi connectivity index (χ0) is 48.4. The van der Waals surface area contributed by atoms with Crippen molar-refractivity contribution in [3.63, 3.8) is 0 Å². The van der Waals surface area contributed by atoms with Crippen molar-refractivity contribution in [2.45, 2.75) is 87.1 Å². The van der Waals surface area contributed by atoms with Crippen molar-refractivity contribution in [2.75, 3.05) is 4.90 Å². The number of hydrogen-bond donors (Lipinski definition) is 1. The normalized spacial score (nSPS) is 18.1. The predicted molar refractivity (Wildman–Crippen MR) is 235 cm³/mol. The second-order valence-corrected chi connectivity index (χ2v) is 20.1. The van der Waals surface area contributed by atoms with E-state index in [4.69, 9.17) is 9.68 Å². The number of nitrogens with zero attached hydrogens (tertiary/aromatic N) is 4. The molecule has 4 aromatic rings. The van der Waals surface area contributed by atoms with Crippen LogP contribution in [0.5, 0.6) is 0 Å². The van der Waals surface area contributed by atoms with Crippen LogP contribution in [0.4, 0.5) is 11.4 Å². The summed E-state index contributed by atoms with van der Waals surface area (Å²) >= 11 is 0. The Kier molecular flexibility index (Phi) is 13.9. The van der Waals surface area contributed by atoms with E-state index in [9.17, 15) is 54.7 Å². The molecule has 0 spiro atoms. The molecule has 346 valence electrons. The van der Waals surface area contributed by atoms with Crippen LogP contribution in [0.15, 0.2) is 119 Å². The van der Waals surface area contributed by atoms with Gasteiger partial charge in [-0.1, -0.05) is 44.2 Å². The standard InChI is InChI=1S/C47H42N4O14S2.K/c1-46(2)34-24-32(66(58,59)60)16-18-36(34)48(26-28-8-12-30(13-9-28)44(56)64-50-40(52)20-21-41(50)53)38(46)6-5-7-39-47(3,4)35-25-33(67(61,62)63)17-19-37(35)49(39)27-29-10-14-31(15-11-29)45(57)65-51-42(54)22-23-43(51)55;/h5-19,24-25H,20-23,26-27H2,1-4H3,(H-,58,59,60,61,62,63);/q;+1. The number of carbonyl (C=O) groups excluding carboxylic acids is 6. The summed E-state index contributed by atoms with van der Waals surface area (Å²) in [4.78, 5) is 85.1. The molecule has 68 heavy (non-hydrogen) atoms. The van der Waals surface area contributed by atoms with Gasteiger partial charge in [0.25, 0.3) is 33.7 Å².